The van der Waals surface area contributed by atoms with Gasteiger partial charge in [0.1, 0.15) is 5.82 Å². The van der Waals surface area contributed by atoms with Crippen molar-refractivity contribution < 1.29 is 0 Å². The first-order valence-corrected chi connectivity index (χ1v) is 5.48. The minimum absolute atomic E-state index is 0.912. The van der Waals surface area contributed by atoms with Gasteiger partial charge in [0.2, 0.25) is 0 Å². The molecule has 1 aromatic rings. The van der Waals surface area contributed by atoms with Crippen molar-refractivity contribution in [2.75, 3.05) is 25.5 Å². The summed E-state index contributed by atoms with van der Waals surface area (Å²) in [6.45, 7) is 6.25. The van der Waals surface area contributed by atoms with Gasteiger partial charge in [-0.3, -0.25) is 0 Å². The van der Waals surface area contributed by atoms with Crippen molar-refractivity contribution in [3.8, 4) is 0 Å². The lowest BCUT2D eigenvalue weighted by atomic mass is 10.2. The average molecular weight is 207 g/mol. The van der Waals surface area contributed by atoms with Crippen LogP contribution < -0.4 is 10.2 Å². The van der Waals surface area contributed by atoms with E-state index in [1.807, 2.05) is 25.2 Å². The second-order valence-electron chi connectivity index (χ2n) is 4.06. The maximum Gasteiger partial charge on any atom is 0.130 e. The van der Waals surface area contributed by atoms with E-state index < -0.39 is 0 Å². The van der Waals surface area contributed by atoms with E-state index in [1.165, 1.54) is 17.5 Å². The van der Waals surface area contributed by atoms with Crippen LogP contribution in [-0.2, 0) is 6.54 Å². The first-order chi connectivity index (χ1) is 7.15. The zero-order valence-corrected chi connectivity index (χ0v) is 10.2. The predicted octanol–water partition coefficient (Wildman–Crippen LogP) is 1.96. The molecule has 0 aromatic carbocycles. The van der Waals surface area contributed by atoms with Crippen LogP contribution in [0.3, 0.4) is 0 Å². The van der Waals surface area contributed by atoms with Gasteiger partial charge in [0.05, 0.1) is 0 Å². The molecule has 3 heteroatoms. The fourth-order valence-electron chi connectivity index (χ4n) is 1.60. The summed E-state index contributed by atoms with van der Waals surface area (Å²) >= 11 is 0. The molecule has 3 nitrogen and oxygen atoms in total. The molecule has 0 bridgehead atoms. The van der Waals surface area contributed by atoms with Crippen LogP contribution >= 0.6 is 0 Å². The molecule has 0 radical (unpaired) electrons. The number of aromatic nitrogens is 1. The average Bonchev–Trinajstić information content (AvgIpc) is 2.17. The van der Waals surface area contributed by atoms with Crippen molar-refractivity contribution in [3.63, 3.8) is 0 Å². The molecule has 1 rings (SSSR count). The highest BCUT2D eigenvalue weighted by atomic mass is 15.1. The van der Waals surface area contributed by atoms with Crippen LogP contribution in [0.25, 0.3) is 0 Å². The molecule has 0 fully saturated rings. The van der Waals surface area contributed by atoms with E-state index in [0.29, 0.717) is 0 Å². The molecule has 0 aliphatic rings. The van der Waals surface area contributed by atoms with E-state index in [9.17, 15) is 0 Å². The highest BCUT2D eigenvalue weighted by Crippen LogP contribution is 2.14. The van der Waals surface area contributed by atoms with Gasteiger partial charge in [-0.1, -0.05) is 6.92 Å². The molecule has 0 aliphatic heterocycles. The van der Waals surface area contributed by atoms with Crippen LogP contribution in [0.15, 0.2) is 12.3 Å². The quantitative estimate of drug-likeness (QED) is 0.748. The van der Waals surface area contributed by atoms with Crippen molar-refractivity contribution >= 4 is 5.82 Å². The van der Waals surface area contributed by atoms with Crippen LogP contribution in [0, 0.1) is 6.92 Å². The Morgan fingerprint density at radius 2 is 2.13 bits per heavy atom. The standard InChI is InChI=1S/C12H21N3/c1-5-6-13-8-11-7-10(2)12(14-9-11)15(3)4/h7,9,13H,5-6,8H2,1-4H3. The molecular weight excluding hydrogens is 186 g/mol. The summed E-state index contributed by atoms with van der Waals surface area (Å²) in [4.78, 5) is 6.48. The fraction of sp³-hybridized carbons (Fsp3) is 0.583. The van der Waals surface area contributed by atoms with Crippen molar-refractivity contribution in [3.05, 3.63) is 23.4 Å². The van der Waals surface area contributed by atoms with Gasteiger partial charge in [0.25, 0.3) is 0 Å². The lowest BCUT2D eigenvalue weighted by Crippen LogP contribution is -2.16. The van der Waals surface area contributed by atoms with E-state index in [0.717, 1.165) is 18.9 Å². The van der Waals surface area contributed by atoms with E-state index >= 15 is 0 Å². The third kappa shape index (κ3) is 3.51. The second-order valence-corrected chi connectivity index (χ2v) is 4.06. The largest absolute Gasteiger partial charge is 0.363 e. The lowest BCUT2D eigenvalue weighted by molar-refractivity contribution is 0.673. The van der Waals surface area contributed by atoms with E-state index in [2.05, 4.69) is 30.2 Å². The Bertz CT molecular complexity index is 308. The Balaban J connectivity index is 2.65. The smallest absolute Gasteiger partial charge is 0.130 e. The number of nitrogens with zero attached hydrogens (tertiary/aromatic N) is 2. The van der Waals surface area contributed by atoms with Gasteiger partial charge < -0.3 is 10.2 Å². The molecule has 0 aliphatic carbocycles. The van der Waals surface area contributed by atoms with Gasteiger partial charge >= 0.3 is 0 Å². The summed E-state index contributed by atoms with van der Waals surface area (Å²) in [5.74, 6) is 1.05. The number of aryl methyl sites for hydroxylation is 1. The zero-order valence-electron chi connectivity index (χ0n) is 10.2. The topological polar surface area (TPSA) is 28.2 Å². The molecule has 0 saturated heterocycles. The molecule has 0 saturated carbocycles. The molecule has 1 heterocycles. The molecule has 0 spiro atoms. The normalized spacial score (nSPS) is 10.4. The summed E-state index contributed by atoms with van der Waals surface area (Å²) in [7, 11) is 4.04. The summed E-state index contributed by atoms with van der Waals surface area (Å²) in [6, 6.07) is 2.20. The van der Waals surface area contributed by atoms with Crippen molar-refractivity contribution in [1.82, 2.24) is 10.3 Å². The molecule has 1 N–H and O–H groups in total. The number of nitrogens with one attached hydrogen (secondary N) is 1. The molecule has 84 valence electrons. The zero-order chi connectivity index (χ0) is 11.3. The molecule has 0 atom stereocenters. The van der Waals surface area contributed by atoms with Gasteiger partial charge in [-0.15, -0.1) is 0 Å². The van der Waals surface area contributed by atoms with Crippen LogP contribution in [0.5, 0.6) is 0 Å². The summed E-state index contributed by atoms with van der Waals surface area (Å²) in [6.07, 6.45) is 3.12. The Hall–Kier alpha value is -1.09. The molecule has 0 unspecified atom stereocenters. The maximum absolute atomic E-state index is 4.44. The minimum Gasteiger partial charge on any atom is -0.363 e. The highest BCUT2D eigenvalue weighted by molar-refractivity contribution is 5.45. The number of hydrogen-bond donors (Lipinski definition) is 1. The van der Waals surface area contributed by atoms with Gasteiger partial charge in [0, 0.05) is 26.8 Å². The second kappa shape index (κ2) is 5.71. The minimum atomic E-state index is 0.912. The van der Waals surface area contributed by atoms with E-state index in [4.69, 9.17) is 0 Å². The van der Waals surface area contributed by atoms with Crippen LogP contribution in [0.2, 0.25) is 0 Å². The third-order valence-electron chi connectivity index (χ3n) is 2.29. The number of anilines is 1. The third-order valence-corrected chi connectivity index (χ3v) is 2.29. The van der Waals surface area contributed by atoms with E-state index in [-0.39, 0.29) is 0 Å². The highest BCUT2D eigenvalue weighted by Gasteiger charge is 2.02. The number of pyridine rings is 1. The van der Waals surface area contributed by atoms with Crippen molar-refractivity contribution in [1.29, 1.82) is 0 Å². The lowest BCUT2D eigenvalue weighted by Gasteiger charge is -2.15. The van der Waals surface area contributed by atoms with Gasteiger partial charge in [-0.25, -0.2) is 4.98 Å². The van der Waals surface area contributed by atoms with Gasteiger partial charge in [-0.2, -0.15) is 0 Å². The molecule has 15 heavy (non-hydrogen) atoms. The Morgan fingerprint density at radius 1 is 1.40 bits per heavy atom. The first kappa shape index (κ1) is 12.0. The Labute approximate surface area is 92.5 Å². The molecule has 1 aromatic heterocycles. The number of rotatable bonds is 5. The predicted molar refractivity (Wildman–Crippen MR) is 65.3 cm³/mol. The summed E-state index contributed by atoms with van der Waals surface area (Å²) in [5, 5.41) is 3.37. The van der Waals surface area contributed by atoms with Gasteiger partial charge in [0.15, 0.2) is 0 Å². The van der Waals surface area contributed by atoms with Crippen LogP contribution in [0.1, 0.15) is 24.5 Å². The van der Waals surface area contributed by atoms with Crippen molar-refractivity contribution in [2.45, 2.75) is 26.8 Å². The van der Waals surface area contributed by atoms with Gasteiger partial charge in [-0.05, 0) is 37.1 Å². The molecular formula is C12H21N3. The van der Waals surface area contributed by atoms with Crippen LogP contribution in [-0.4, -0.2) is 25.6 Å². The van der Waals surface area contributed by atoms with E-state index in [1.54, 1.807) is 0 Å². The summed E-state index contributed by atoms with van der Waals surface area (Å²) < 4.78 is 0. The number of hydrogen-bond acceptors (Lipinski definition) is 3. The fourth-order valence-corrected chi connectivity index (χ4v) is 1.60. The SMILES string of the molecule is CCCNCc1cnc(N(C)C)c(C)c1. The Kier molecular flexibility index (Phi) is 4.56. The molecule has 0 amide bonds. The Morgan fingerprint density at radius 3 is 2.67 bits per heavy atom. The monoisotopic (exact) mass is 207 g/mol. The van der Waals surface area contributed by atoms with Crippen LogP contribution in [0.4, 0.5) is 5.82 Å². The first-order valence-electron chi connectivity index (χ1n) is 5.48. The maximum atomic E-state index is 4.44. The van der Waals surface area contributed by atoms with Crippen molar-refractivity contribution in [2.24, 2.45) is 0 Å². The summed E-state index contributed by atoms with van der Waals surface area (Å²) in [5.41, 5.74) is 2.49.